The van der Waals surface area contributed by atoms with Gasteiger partial charge < -0.3 is 5.73 Å². The molecule has 3 heteroatoms. The zero-order chi connectivity index (χ0) is 14.8. The fourth-order valence-electron chi connectivity index (χ4n) is 1.93. The Hall–Kier alpha value is -1.12. The highest BCUT2D eigenvalue weighted by Gasteiger charge is 2.13. The summed E-state index contributed by atoms with van der Waals surface area (Å²) in [5.41, 5.74) is 9.28. The van der Waals surface area contributed by atoms with E-state index in [1.807, 2.05) is 18.2 Å². The van der Waals surface area contributed by atoms with Gasteiger partial charge in [0.15, 0.2) is 0 Å². The zero-order valence-corrected chi connectivity index (χ0v) is 13.7. The van der Waals surface area contributed by atoms with Crippen LogP contribution in [-0.2, 0) is 11.2 Å². The van der Waals surface area contributed by atoms with Crippen molar-refractivity contribution in [2.75, 3.05) is 5.73 Å². The van der Waals surface area contributed by atoms with Gasteiger partial charge in [0.2, 0.25) is 0 Å². The summed E-state index contributed by atoms with van der Waals surface area (Å²) in [5.74, 6) is 0.792. The third-order valence-electron chi connectivity index (χ3n) is 3.26. The molecule has 0 saturated heterocycles. The zero-order valence-electron chi connectivity index (χ0n) is 12.1. The first kappa shape index (κ1) is 15.3. The van der Waals surface area contributed by atoms with E-state index >= 15 is 0 Å². The highest BCUT2D eigenvalue weighted by Crippen LogP contribution is 2.31. The maximum absolute atomic E-state index is 6.19. The summed E-state index contributed by atoms with van der Waals surface area (Å²) in [6.45, 7) is 6.67. The molecule has 1 nitrogen and oxygen atoms in total. The monoisotopic (exact) mass is 305 g/mol. The normalized spacial score (nSPS) is 11.6. The van der Waals surface area contributed by atoms with Crippen molar-refractivity contribution in [3.63, 3.8) is 0 Å². The highest BCUT2D eigenvalue weighted by atomic mass is 35.5. The van der Waals surface area contributed by atoms with Gasteiger partial charge in [0.1, 0.15) is 0 Å². The largest absolute Gasteiger partial charge is 0.398 e. The Morgan fingerprint density at radius 2 is 1.70 bits per heavy atom. The van der Waals surface area contributed by atoms with E-state index < -0.39 is 0 Å². The number of anilines is 1. The standard InChI is InChI=1S/C17H20ClNS/c1-17(2,3)12-7-9-13(10-8-12)20-11-14-15(18)5-4-6-16(14)19/h4-10H,11,19H2,1-3H3. The molecule has 0 saturated carbocycles. The molecule has 0 aliphatic carbocycles. The molecule has 2 aromatic rings. The van der Waals surface area contributed by atoms with Gasteiger partial charge in [-0.1, -0.05) is 50.6 Å². The Bertz CT molecular complexity index is 565. The third-order valence-corrected chi connectivity index (χ3v) is 4.65. The van der Waals surface area contributed by atoms with E-state index in [0.717, 1.165) is 22.0 Å². The van der Waals surface area contributed by atoms with E-state index in [0.29, 0.717) is 0 Å². The van der Waals surface area contributed by atoms with Crippen LogP contribution in [0.15, 0.2) is 47.4 Å². The predicted octanol–water partition coefficient (Wildman–Crippen LogP) is 5.51. The molecule has 0 aliphatic rings. The van der Waals surface area contributed by atoms with Crippen molar-refractivity contribution in [2.24, 2.45) is 0 Å². The minimum absolute atomic E-state index is 0.191. The molecule has 2 N–H and O–H groups in total. The number of hydrogen-bond donors (Lipinski definition) is 1. The minimum Gasteiger partial charge on any atom is -0.398 e. The van der Waals surface area contributed by atoms with Gasteiger partial charge in [-0.05, 0) is 35.2 Å². The number of benzene rings is 2. The van der Waals surface area contributed by atoms with Crippen molar-refractivity contribution < 1.29 is 0 Å². The second kappa shape index (κ2) is 6.11. The molecule has 0 unspecified atom stereocenters. The lowest BCUT2D eigenvalue weighted by Gasteiger charge is -2.19. The summed E-state index contributed by atoms with van der Waals surface area (Å²) in [4.78, 5) is 1.23. The lowest BCUT2D eigenvalue weighted by molar-refractivity contribution is 0.590. The molecule has 0 spiro atoms. The number of nitrogens with two attached hydrogens (primary N) is 1. The van der Waals surface area contributed by atoms with Crippen molar-refractivity contribution in [3.8, 4) is 0 Å². The van der Waals surface area contributed by atoms with Gasteiger partial charge >= 0.3 is 0 Å². The van der Waals surface area contributed by atoms with Crippen LogP contribution in [0.1, 0.15) is 31.9 Å². The molecule has 0 radical (unpaired) electrons. The molecule has 106 valence electrons. The van der Waals surface area contributed by atoms with E-state index in [2.05, 4.69) is 45.0 Å². The highest BCUT2D eigenvalue weighted by molar-refractivity contribution is 7.98. The molecule has 0 atom stereocenters. The molecule has 2 aromatic carbocycles. The third kappa shape index (κ3) is 3.71. The van der Waals surface area contributed by atoms with Crippen molar-refractivity contribution in [1.82, 2.24) is 0 Å². The lowest BCUT2D eigenvalue weighted by Crippen LogP contribution is -2.10. The Morgan fingerprint density at radius 3 is 2.25 bits per heavy atom. The number of hydrogen-bond acceptors (Lipinski definition) is 2. The summed E-state index contributed by atoms with van der Waals surface area (Å²) in [6, 6.07) is 14.4. The molecule has 0 bridgehead atoms. The molecule has 0 heterocycles. The second-order valence-electron chi connectivity index (χ2n) is 5.87. The van der Waals surface area contributed by atoms with Gasteiger partial charge in [-0.2, -0.15) is 0 Å². The molecule has 0 aliphatic heterocycles. The summed E-state index contributed by atoms with van der Waals surface area (Å²) in [7, 11) is 0. The van der Waals surface area contributed by atoms with Crippen LogP contribution in [0.5, 0.6) is 0 Å². The summed E-state index contributed by atoms with van der Waals surface area (Å²) >= 11 is 7.94. The number of thioether (sulfide) groups is 1. The van der Waals surface area contributed by atoms with Crippen molar-refractivity contribution in [2.45, 2.75) is 36.8 Å². The first-order chi connectivity index (χ1) is 9.38. The van der Waals surface area contributed by atoms with Gasteiger partial charge in [0.25, 0.3) is 0 Å². The van der Waals surface area contributed by atoms with Crippen LogP contribution in [0.4, 0.5) is 5.69 Å². The summed E-state index contributed by atoms with van der Waals surface area (Å²) in [6.07, 6.45) is 0. The Balaban J connectivity index is 2.08. The van der Waals surface area contributed by atoms with Gasteiger partial charge in [0.05, 0.1) is 0 Å². The van der Waals surface area contributed by atoms with Gasteiger partial charge in [-0.15, -0.1) is 11.8 Å². The van der Waals surface area contributed by atoms with Crippen LogP contribution >= 0.6 is 23.4 Å². The van der Waals surface area contributed by atoms with Crippen molar-refractivity contribution >= 4 is 29.1 Å². The van der Waals surface area contributed by atoms with Crippen LogP contribution in [-0.4, -0.2) is 0 Å². The van der Waals surface area contributed by atoms with Crippen molar-refractivity contribution in [1.29, 1.82) is 0 Å². The number of nitrogen functional groups attached to an aromatic ring is 1. The average Bonchev–Trinajstić information content (AvgIpc) is 2.37. The van der Waals surface area contributed by atoms with Gasteiger partial charge in [0, 0.05) is 26.9 Å². The first-order valence-electron chi connectivity index (χ1n) is 6.64. The van der Waals surface area contributed by atoms with Crippen LogP contribution in [0.25, 0.3) is 0 Å². The summed E-state index contributed by atoms with van der Waals surface area (Å²) < 4.78 is 0. The van der Waals surface area contributed by atoms with E-state index in [-0.39, 0.29) is 5.41 Å². The van der Waals surface area contributed by atoms with E-state index in [1.54, 1.807) is 11.8 Å². The van der Waals surface area contributed by atoms with Crippen LogP contribution in [0.2, 0.25) is 5.02 Å². The first-order valence-corrected chi connectivity index (χ1v) is 8.00. The smallest absolute Gasteiger partial charge is 0.0467 e. The quantitative estimate of drug-likeness (QED) is 0.597. The predicted molar refractivity (Wildman–Crippen MR) is 90.6 cm³/mol. The Labute approximate surface area is 130 Å². The molecule has 0 amide bonds. The van der Waals surface area contributed by atoms with Gasteiger partial charge in [-0.3, -0.25) is 0 Å². The van der Waals surface area contributed by atoms with Gasteiger partial charge in [-0.25, -0.2) is 0 Å². The van der Waals surface area contributed by atoms with Crippen LogP contribution < -0.4 is 5.73 Å². The second-order valence-corrected chi connectivity index (χ2v) is 7.33. The molecule has 2 rings (SSSR count). The van der Waals surface area contributed by atoms with E-state index in [4.69, 9.17) is 17.3 Å². The SMILES string of the molecule is CC(C)(C)c1ccc(SCc2c(N)cccc2Cl)cc1. The summed E-state index contributed by atoms with van der Waals surface area (Å²) in [5, 5.41) is 0.740. The molecule has 20 heavy (non-hydrogen) atoms. The van der Waals surface area contributed by atoms with E-state index in [1.165, 1.54) is 10.5 Å². The van der Waals surface area contributed by atoms with E-state index in [9.17, 15) is 0 Å². The van der Waals surface area contributed by atoms with Crippen LogP contribution in [0, 0.1) is 0 Å². The fourth-order valence-corrected chi connectivity index (χ4v) is 3.22. The number of rotatable bonds is 3. The number of halogens is 1. The molecule has 0 fully saturated rings. The molecular weight excluding hydrogens is 286 g/mol. The average molecular weight is 306 g/mol. The fraction of sp³-hybridized carbons (Fsp3) is 0.294. The van der Waals surface area contributed by atoms with Crippen molar-refractivity contribution in [3.05, 3.63) is 58.6 Å². The maximum atomic E-state index is 6.19. The minimum atomic E-state index is 0.191. The Morgan fingerprint density at radius 1 is 1.05 bits per heavy atom. The Kier molecular flexibility index (Phi) is 4.66. The lowest BCUT2D eigenvalue weighted by atomic mass is 9.87. The maximum Gasteiger partial charge on any atom is 0.0467 e. The van der Waals surface area contributed by atoms with Crippen LogP contribution in [0.3, 0.4) is 0 Å². The topological polar surface area (TPSA) is 26.0 Å². The molecular formula is C17H20ClNS. The molecule has 0 aromatic heterocycles.